The van der Waals surface area contributed by atoms with E-state index in [0.717, 1.165) is 6.26 Å². The number of nitrogens with one attached hydrogen (secondary N) is 1. The first-order valence-corrected chi connectivity index (χ1v) is 6.70. The molecule has 0 fully saturated rings. The van der Waals surface area contributed by atoms with Crippen LogP contribution in [0.15, 0.2) is 24.3 Å². The largest absolute Gasteiger partial charge is 0.435 e. The highest BCUT2D eigenvalue weighted by molar-refractivity contribution is 7.88. The molecular formula is C10H11F2NO4S. The molecule has 0 saturated carbocycles. The van der Waals surface area contributed by atoms with Crippen molar-refractivity contribution in [1.29, 1.82) is 0 Å². The Balaban J connectivity index is 2.65. The van der Waals surface area contributed by atoms with Gasteiger partial charge in [-0.2, -0.15) is 8.78 Å². The fourth-order valence-electron chi connectivity index (χ4n) is 1.12. The maximum atomic E-state index is 11.9. The van der Waals surface area contributed by atoms with E-state index < -0.39 is 22.4 Å². The second kappa shape index (κ2) is 5.87. The number of alkyl halides is 2. The monoisotopic (exact) mass is 279 g/mol. The quantitative estimate of drug-likeness (QED) is 0.789. The number of benzene rings is 1. The third-order valence-corrected chi connectivity index (χ3v) is 2.57. The second-order valence-electron chi connectivity index (χ2n) is 3.42. The minimum atomic E-state index is -3.45. The molecule has 8 heteroatoms. The molecule has 0 spiro atoms. The second-order valence-corrected chi connectivity index (χ2v) is 5.25. The Morgan fingerprint density at radius 1 is 1.33 bits per heavy atom. The molecule has 0 saturated heterocycles. The molecule has 0 aliphatic carbocycles. The van der Waals surface area contributed by atoms with Crippen LogP contribution in [0.2, 0.25) is 0 Å². The number of halogens is 2. The highest BCUT2D eigenvalue weighted by Gasteiger charge is 2.10. The first-order chi connectivity index (χ1) is 8.28. The molecule has 0 unspecified atom stereocenters. The SMILES string of the molecule is CS(=O)(=O)NCC(=O)c1ccc(OC(F)F)cc1. The van der Waals surface area contributed by atoms with Crippen LogP contribution in [0.25, 0.3) is 0 Å². The Labute approximate surface area is 103 Å². The summed E-state index contributed by atoms with van der Waals surface area (Å²) in [6.45, 7) is -3.31. The van der Waals surface area contributed by atoms with Crippen molar-refractivity contribution in [2.75, 3.05) is 12.8 Å². The van der Waals surface area contributed by atoms with Crippen LogP contribution in [0, 0.1) is 0 Å². The van der Waals surface area contributed by atoms with Gasteiger partial charge in [-0.25, -0.2) is 13.1 Å². The van der Waals surface area contributed by atoms with Crippen molar-refractivity contribution in [2.24, 2.45) is 0 Å². The van der Waals surface area contributed by atoms with Crippen LogP contribution in [-0.2, 0) is 10.0 Å². The molecule has 1 N–H and O–H groups in total. The van der Waals surface area contributed by atoms with Gasteiger partial charge in [-0.15, -0.1) is 0 Å². The highest BCUT2D eigenvalue weighted by atomic mass is 32.2. The van der Waals surface area contributed by atoms with E-state index in [9.17, 15) is 22.0 Å². The lowest BCUT2D eigenvalue weighted by Crippen LogP contribution is -2.28. The Bertz CT molecular complexity index is 513. The third kappa shape index (κ3) is 5.19. The van der Waals surface area contributed by atoms with Gasteiger partial charge in [0, 0.05) is 5.56 Å². The molecule has 5 nitrogen and oxygen atoms in total. The zero-order valence-corrected chi connectivity index (χ0v) is 10.2. The number of sulfonamides is 1. The molecule has 0 aliphatic heterocycles. The molecule has 0 atom stereocenters. The topological polar surface area (TPSA) is 72.5 Å². The molecule has 0 radical (unpaired) electrons. The van der Waals surface area contributed by atoms with Gasteiger partial charge >= 0.3 is 6.61 Å². The fourth-order valence-corrected chi connectivity index (χ4v) is 1.51. The summed E-state index contributed by atoms with van der Waals surface area (Å²) >= 11 is 0. The average Bonchev–Trinajstić information content (AvgIpc) is 2.25. The number of ketones is 1. The van der Waals surface area contributed by atoms with Gasteiger partial charge in [-0.05, 0) is 24.3 Å². The minimum absolute atomic E-state index is 0.0716. The summed E-state index contributed by atoms with van der Waals surface area (Å²) in [6.07, 6.45) is 0.930. The van der Waals surface area contributed by atoms with E-state index in [1.807, 2.05) is 4.72 Å². The molecule has 0 aliphatic rings. The number of carbonyl (C=O) groups is 1. The molecule has 0 heterocycles. The summed E-state index contributed by atoms with van der Waals surface area (Å²) in [4.78, 5) is 11.5. The number of Topliss-reactive ketones (excluding diaryl/α,β-unsaturated/α-hetero) is 1. The van der Waals surface area contributed by atoms with Gasteiger partial charge in [0.05, 0.1) is 12.8 Å². The molecule has 1 rings (SSSR count). The van der Waals surface area contributed by atoms with Crippen molar-refractivity contribution in [2.45, 2.75) is 6.61 Å². The van der Waals surface area contributed by atoms with Crippen LogP contribution >= 0.6 is 0 Å². The number of hydrogen-bond acceptors (Lipinski definition) is 4. The van der Waals surface area contributed by atoms with Gasteiger partial charge in [0.25, 0.3) is 0 Å². The van der Waals surface area contributed by atoms with Crippen molar-refractivity contribution < 1.29 is 26.7 Å². The van der Waals surface area contributed by atoms with Crippen LogP contribution in [0.1, 0.15) is 10.4 Å². The van der Waals surface area contributed by atoms with Crippen molar-refractivity contribution in [3.8, 4) is 5.75 Å². The average molecular weight is 279 g/mol. The highest BCUT2D eigenvalue weighted by Crippen LogP contribution is 2.15. The fraction of sp³-hybridized carbons (Fsp3) is 0.300. The molecule has 100 valence electrons. The maximum absolute atomic E-state index is 11.9. The summed E-state index contributed by atoms with van der Waals surface area (Å²) in [5.41, 5.74) is 0.202. The van der Waals surface area contributed by atoms with Crippen LogP contribution < -0.4 is 9.46 Å². The van der Waals surface area contributed by atoms with Crippen LogP contribution in [0.4, 0.5) is 8.78 Å². The lowest BCUT2D eigenvalue weighted by Gasteiger charge is -2.05. The van der Waals surface area contributed by atoms with Gasteiger partial charge in [0.1, 0.15) is 5.75 Å². The smallest absolute Gasteiger partial charge is 0.387 e. The van der Waals surface area contributed by atoms with E-state index in [1.165, 1.54) is 24.3 Å². The van der Waals surface area contributed by atoms with Crippen molar-refractivity contribution in [1.82, 2.24) is 4.72 Å². The third-order valence-electron chi connectivity index (χ3n) is 1.90. The Hall–Kier alpha value is -1.54. The number of carbonyl (C=O) groups excluding carboxylic acids is 1. The molecule has 18 heavy (non-hydrogen) atoms. The standard InChI is InChI=1S/C10H11F2NO4S/c1-18(15,16)13-6-9(14)7-2-4-8(5-3-7)17-10(11)12/h2-5,10,13H,6H2,1H3. The van der Waals surface area contributed by atoms with E-state index in [-0.39, 0.29) is 17.9 Å². The molecule has 0 amide bonds. The lowest BCUT2D eigenvalue weighted by atomic mass is 10.1. The van der Waals surface area contributed by atoms with Crippen LogP contribution in [-0.4, -0.2) is 33.6 Å². The number of ether oxygens (including phenoxy) is 1. The van der Waals surface area contributed by atoms with Crippen molar-refractivity contribution in [3.63, 3.8) is 0 Å². The van der Waals surface area contributed by atoms with E-state index in [4.69, 9.17) is 0 Å². The summed E-state index contributed by atoms with van der Waals surface area (Å²) in [5, 5.41) is 0. The molecule has 1 aromatic carbocycles. The molecular weight excluding hydrogens is 268 g/mol. The van der Waals surface area contributed by atoms with E-state index in [1.54, 1.807) is 0 Å². The van der Waals surface area contributed by atoms with Crippen molar-refractivity contribution in [3.05, 3.63) is 29.8 Å². The predicted molar refractivity (Wildman–Crippen MR) is 60.3 cm³/mol. The lowest BCUT2D eigenvalue weighted by molar-refractivity contribution is -0.0498. The molecule has 0 bridgehead atoms. The van der Waals surface area contributed by atoms with E-state index in [2.05, 4.69) is 4.74 Å². The summed E-state index contributed by atoms with van der Waals surface area (Å²) in [5.74, 6) is -0.540. The van der Waals surface area contributed by atoms with Gasteiger partial charge < -0.3 is 4.74 Å². The Morgan fingerprint density at radius 3 is 2.33 bits per heavy atom. The Kier molecular flexibility index (Phi) is 4.74. The van der Waals surface area contributed by atoms with Crippen molar-refractivity contribution >= 4 is 15.8 Å². The number of rotatable bonds is 6. The minimum Gasteiger partial charge on any atom is -0.435 e. The maximum Gasteiger partial charge on any atom is 0.387 e. The van der Waals surface area contributed by atoms with Gasteiger partial charge in [-0.3, -0.25) is 4.79 Å². The summed E-state index contributed by atoms with van der Waals surface area (Å²) in [6, 6.07) is 4.98. The van der Waals surface area contributed by atoms with Crippen LogP contribution in [0.5, 0.6) is 5.75 Å². The summed E-state index contributed by atoms with van der Waals surface area (Å²) < 4.78 is 51.4. The van der Waals surface area contributed by atoms with Gasteiger partial charge in [0.15, 0.2) is 5.78 Å². The van der Waals surface area contributed by atoms with Crippen LogP contribution in [0.3, 0.4) is 0 Å². The van der Waals surface area contributed by atoms with Gasteiger partial charge in [-0.1, -0.05) is 0 Å². The summed E-state index contributed by atoms with van der Waals surface area (Å²) in [7, 11) is -3.45. The zero-order chi connectivity index (χ0) is 13.8. The molecule has 0 aromatic heterocycles. The first-order valence-electron chi connectivity index (χ1n) is 4.80. The predicted octanol–water partition coefficient (Wildman–Crippen LogP) is 1.02. The van der Waals surface area contributed by atoms with E-state index in [0.29, 0.717) is 0 Å². The molecule has 1 aromatic rings. The normalized spacial score (nSPS) is 11.6. The number of hydrogen-bond donors (Lipinski definition) is 1. The van der Waals surface area contributed by atoms with Gasteiger partial charge in [0.2, 0.25) is 10.0 Å². The van der Waals surface area contributed by atoms with E-state index >= 15 is 0 Å². The zero-order valence-electron chi connectivity index (χ0n) is 9.39. The Morgan fingerprint density at radius 2 is 1.89 bits per heavy atom. The first kappa shape index (κ1) is 14.5.